The summed E-state index contributed by atoms with van der Waals surface area (Å²) in [7, 11) is 0. The predicted molar refractivity (Wildman–Crippen MR) is 69.4 cm³/mol. The van der Waals surface area contributed by atoms with Crippen LogP contribution in [-0.2, 0) is 6.42 Å². The molecule has 17 heavy (non-hydrogen) atoms. The molecule has 0 saturated carbocycles. The topological polar surface area (TPSA) is 39.9 Å². The van der Waals surface area contributed by atoms with Crippen molar-refractivity contribution in [2.24, 2.45) is 5.92 Å². The summed E-state index contributed by atoms with van der Waals surface area (Å²) in [6, 6.07) is 8.22. The minimum absolute atomic E-state index is 0.606. The first kappa shape index (κ1) is 13.7. The number of aromatic nitrogens is 1. The van der Waals surface area contributed by atoms with Gasteiger partial charge in [-0.05, 0) is 18.1 Å². The van der Waals surface area contributed by atoms with Crippen molar-refractivity contribution in [3.63, 3.8) is 0 Å². The van der Waals surface area contributed by atoms with Crippen LogP contribution in [0.4, 0.5) is 0 Å². The second-order valence-electron chi connectivity index (χ2n) is 4.67. The summed E-state index contributed by atoms with van der Waals surface area (Å²) in [6.07, 6.45) is 3.39. The molecule has 0 fully saturated rings. The molecule has 1 aromatic rings. The zero-order valence-corrected chi connectivity index (χ0v) is 10.8. The lowest BCUT2D eigenvalue weighted by molar-refractivity contribution is 0.251. The SMILES string of the molecule is CC(C)CN(CCC#N)CCc1ccccn1. The Morgan fingerprint density at radius 1 is 1.35 bits per heavy atom. The van der Waals surface area contributed by atoms with Gasteiger partial charge in [0.25, 0.3) is 0 Å². The van der Waals surface area contributed by atoms with Gasteiger partial charge in [0.15, 0.2) is 0 Å². The Bertz CT molecular complexity index is 340. The molecule has 0 spiro atoms. The maximum atomic E-state index is 8.65. The van der Waals surface area contributed by atoms with E-state index in [2.05, 4.69) is 35.9 Å². The minimum atomic E-state index is 0.606. The van der Waals surface area contributed by atoms with Crippen LogP contribution in [0.1, 0.15) is 26.0 Å². The third-order valence-electron chi connectivity index (χ3n) is 2.57. The van der Waals surface area contributed by atoms with Crippen molar-refractivity contribution in [3.05, 3.63) is 30.1 Å². The lowest BCUT2D eigenvalue weighted by atomic mass is 10.2. The average Bonchev–Trinajstić information content (AvgIpc) is 2.33. The van der Waals surface area contributed by atoms with E-state index in [1.807, 2.05) is 18.3 Å². The lowest BCUT2D eigenvalue weighted by Crippen LogP contribution is -2.31. The molecule has 0 amide bonds. The molecule has 1 aromatic heterocycles. The van der Waals surface area contributed by atoms with E-state index in [0.29, 0.717) is 12.3 Å². The second kappa shape index (κ2) is 7.81. The van der Waals surface area contributed by atoms with E-state index < -0.39 is 0 Å². The molecule has 92 valence electrons. The number of nitrogens with zero attached hydrogens (tertiary/aromatic N) is 3. The van der Waals surface area contributed by atoms with Crippen LogP contribution in [0.2, 0.25) is 0 Å². The van der Waals surface area contributed by atoms with E-state index in [4.69, 9.17) is 5.26 Å². The summed E-state index contributed by atoms with van der Waals surface area (Å²) in [5.74, 6) is 0.637. The van der Waals surface area contributed by atoms with E-state index in [1.54, 1.807) is 0 Å². The quantitative estimate of drug-likeness (QED) is 0.724. The van der Waals surface area contributed by atoms with Crippen molar-refractivity contribution in [2.45, 2.75) is 26.7 Å². The van der Waals surface area contributed by atoms with Gasteiger partial charge in [0.05, 0.1) is 6.07 Å². The zero-order chi connectivity index (χ0) is 12.5. The maximum Gasteiger partial charge on any atom is 0.0635 e. The van der Waals surface area contributed by atoms with Crippen LogP contribution in [0.5, 0.6) is 0 Å². The molecule has 0 aromatic carbocycles. The number of pyridine rings is 1. The summed E-state index contributed by atoms with van der Waals surface area (Å²) < 4.78 is 0. The first-order valence-electron chi connectivity index (χ1n) is 6.21. The molecule has 0 saturated heterocycles. The summed E-state index contributed by atoms with van der Waals surface area (Å²) in [5, 5.41) is 8.65. The summed E-state index contributed by atoms with van der Waals surface area (Å²) in [4.78, 5) is 6.67. The van der Waals surface area contributed by atoms with Crippen molar-refractivity contribution in [1.29, 1.82) is 5.26 Å². The molecule has 0 radical (unpaired) electrons. The third-order valence-corrected chi connectivity index (χ3v) is 2.57. The van der Waals surface area contributed by atoms with Crippen molar-refractivity contribution >= 4 is 0 Å². The maximum absolute atomic E-state index is 8.65. The second-order valence-corrected chi connectivity index (χ2v) is 4.67. The number of hydrogen-bond acceptors (Lipinski definition) is 3. The highest BCUT2D eigenvalue weighted by molar-refractivity contribution is 5.03. The molecule has 0 aliphatic heterocycles. The summed E-state index contributed by atoms with van der Waals surface area (Å²) in [5.41, 5.74) is 1.12. The Balaban J connectivity index is 2.40. The Labute approximate surface area is 104 Å². The summed E-state index contributed by atoms with van der Waals surface area (Å²) >= 11 is 0. The molecule has 3 heteroatoms. The molecule has 1 rings (SSSR count). The number of rotatable bonds is 7. The molecule has 1 heterocycles. The average molecular weight is 231 g/mol. The van der Waals surface area contributed by atoms with Crippen LogP contribution in [0.25, 0.3) is 0 Å². The van der Waals surface area contributed by atoms with Crippen molar-refractivity contribution in [1.82, 2.24) is 9.88 Å². The van der Waals surface area contributed by atoms with Gasteiger partial charge < -0.3 is 4.90 Å². The van der Waals surface area contributed by atoms with Crippen molar-refractivity contribution in [2.75, 3.05) is 19.6 Å². The van der Waals surface area contributed by atoms with Crippen LogP contribution in [0, 0.1) is 17.2 Å². The fourth-order valence-electron chi connectivity index (χ4n) is 1.84. The van der Waals surface area contributed by atoms with Gasteiger partial charge in [-0.1, -0.05) is 19.9 Å². The number of hydrogen-bond donors (Lipinski definition) is 0. The van der Waals surface area contributed by atoms with E-state index in [-0.39, 0.29) is 0 Å². The smallest absolute Gasteiger partial charge is 0.0635 e. The highest BCUT2D eigenvalue weighted by atomic mass is 15.1. The fraction of sp³-hybridized carbons (Fsp3) is 0.571. The highest BCUT2D eigenvalue weighted by Gasteiger charge is 2.07. The molecular weight excluding hydrogens is 210 g/mol. The zero-order valence-electron chi connectivity index (χ0n) is 10.8. The van der Waals surface area contributed by atoms with E-state index in [0.717, 1.165) is 31.7 Å². The summed E-state index contributed by atoms with van der Waals surface area (Å²) in [6.45, 7) is 7.31. The highest BCUT2D eigenvalue weighted by Crippen LogP contribution is 2.03. The van der Waals surface area contributed by atoms with Crippen LogP contribution in [0.3, 0.4) is 0 Å². The van der Waals surface area contributed by atoms with E-state index >= 15 is 0 Å². The first-order valence-corrected chi connectivity index (χ1v) is 6.21. The first-order chi connectivity index (χ1) is 8.22. The Kier molecular flexibility index (Phi) is 6.27. The van der Waals surface area contributed by atoms with Gasteiger partial charge in [0.1, 0.15) is 0 Å². The fourth-order valence-corrected chi connectivity index (χ4v) is 1.84. The van der Waals surface area contributed by atoms with Crippen LogP contribution >= 0.6 is 0 Å². The van der Waals surface area contributed by atoms with Crippen molar-refractivity contribution in [3.8, 4) is 6.07 Å². The number of nitriles is 1. The normalized spacial score (nSPS) is 10.8. The third kappa shape index (κ3) is 6.03. The predicted octanol–water partition coefficient (Wildman–Crippen LogP) is 2.50. The Morgan fingerprint density at radius 2 is 2.18 bits per heavy atom. The molecule has 0 unspecified atom stereocenters. The molecule has 0 bridgehead atoms. The molecule has 0 N–H and O–H groups in total. The Morgan fingerprint density at radius 3 is 2.76 bits per heavy atom. The minimum Gasteiger partial charge on any atom is -0.302 e. The largest absolute Gasteiger partial charge is 0.302 e. The van der Waals surface area contributed by atoms with Gasteiger partial charge in [-0.2, -0.15) is 5.26 Å². The van der Waals surface area contributed by atoms with Gasteiger partial charge in [0.2, 0.25) is 0 Å². The van der Waals surface area contributed by atoms with Gasteiger partial charge in [-0.25, -0.2) is 0 Å². The molecule has 0 aliphatic rings. The van der Waals surface area contributed by atoms with E-state index in [1.165, 1.54) is 0 Å². The molecule has 0 atom stereocenters. The van der Waals surface area contributed by atoms with Gasteiger partial charge in [-0.3, -0.25) is 4.98 Å². The standard InChI is InChI=1S/C14H21N3/c1-13(2)12-17(10-5-8-15)11-7-14-6-3-4-9-16-14/h3-4,6,9,13H,5,7,10-12H2,1-2H3. The van der Waals surface area contributed by atoms with Gasteiger partial charge in [-0.15, -0.1) is 0 Å². The van der Waals surface area contributed by atoms with Crippen LogP contribution in [0.15, 0.2) is 24.4 Å². The molecule has 0 aliphatic carbocycles. The lowest BCUT2D eigenvalue weighted by Gasteiger charge is -2.22. The molecule has 3 nitrogen and oxygen atoms in total. The van der Waals surface area contributed by atoms with Crippen molar-refractivity contribution < 1.29 is 0 Å². The van der Waals surface area contributed by atoms with E-state index in [9.17, 15) is 0 Å². The van der Waals surface area contributed by atoms with Crippen LogP contribution < -0.4 is 0 Å². The monoisotopic (exact) mass is 231 g/mol. The van der Waals surface area contributed by atoms with Gasteiger partial charge >= 0.3 is 0 Å². The Hall–Kier alpha value is -1.40. The molecular formula is C14H21N3. The van der Waals surface area contributed by atoms with Crippen LogP contribution in [-0.4, -0.2) is 29.5 Å². The van der Waals surface area contributed by atoms with Gasteiger partial charge in [0, 0.05) is 44.4 Å².